The zero-order valence-corrected chi connectivity index (χ0v) is 13.5. The van der Waals surface area contributed by atoms with Crippen LogP contribution in [0.3, 0.4) is 0 Å². The number of aromatic amines is 2. The van der Waals surface area contributed by atoms with Gasteiger partial charge in [-0.1, -0.05) is 19.9 Å². The number of fused-ring (bicyclic) bond motifs is 1. The highest BCUT2D eigenvalue weighted by molar-refractivity contribution is 5.79. The Hall–Kier alpha value is -2.37. The number of hydrogen-bond acceptors (Lipinski definition) is 3. The molecule has 0 spiro atoms. The van der Waals surface area contributed by atoms with E-state index < -0.39 is 0 Å². The number of carbonyl (C=O) groups is 1. The van der Waals surface area contributed by atoms with E-state index in [1.54, 1.807) is 12.3 Å². The minimum Gasteiger partial charge on any atom is -0.352 e. The summed E-state index contributed by atoms with van der Waals surface area (Å²) in [5.74, 6) is 1.41. The van der Waals surface area contributed by atoms with Crippen molar-refractivity contribution in [1.82, 2.24) is 20.3 Å². The van der Waals surface area contributed by atoms with Gasteiger partial charge in [0.2, 0.25) is 11.5 Å². The van der Waals surface area contributed by atoms with Crippen LogP contribution < -0.4 is 10.9 Å². The lowest BCUT2D eigenvalue weighted by molar-refractivity contribution is -0.125. The summed E-state index contributed by atoms with van der Waals surface area (Å²) < 4.78 is 0. The van der Waals surface area contributed by atoms with Crippen LogP contribution in [0.15, 0.2) is 23.1 Å². The lowest BCUT2D eigenvalue weighted by Gasteiger charge is -2.20. The number of nitrogens with zero attached hydrogens (tertiary/aromatic N) is 1. The Morgan fingerprint density at radius 2 is 2.26 bits per heavy atom. The Labute approximate surface area is 134 Å². The van der Waals surface area contributed by atoms with E-state index in [1.807, 2.05) is 0 Å². The fraction of sp³-hybridized carbons (Fsp3) is 0.471. The van der Waals surface area contributed by atoms with Crippen LogP contribution in [0.4, 0.5) is 0 Å². The van der Waals surface area contributed by atoms with Gasteiger partial charge in [-0.3, -0.25) is 9.59 Å². The second-order valence-corrected chi connectivity index (χ2v) is 6.42. The topological polar surface area (TPSA) is 90.6 Å². The standard InChI is InChI=1S/C17H22N4O2/c1-10(2)16-20-13-5-4-12(7-14(13)21-16)17(23)19-9-11-3-6-15(22)18-8-11/h3,6,8,10,12H,4-5,7,9H2,1-2H3,(H,18,22)(H,19,23)(H,20,21)/t12-/m0/s1. The molecule has 122 valence electrons. The maximum atomic E-state index is 12.4. The summed E-state index contributed by atoms with van der Waals surface area (Å²) in [6.07, 6.45) is 4.01. The van der Waals surface area contributed by atoms with E-state index in [2.05, 4.69) is 34.1 Å². The zero-order valence-electron chi connectivity index (χ0n) is 13.5. The molecule has 0 unspecified atom stereocenters. The summed E-state index contributed by atoms with van der Waals surface area (Å²) in [5.41, 5.74) is 2.96. The van der Waals surface area contributed by atoms with E-state index >= 15 is 0 Å². The minimum atomic E-state index is -0.139. The van der Waals surface area contributed by atoms with Crippen LogP contribution in [-0.4, -0.2) is 20.9 Å². The summed E-state index contributed by atoms with van der Waals surface area (Å²) in [6, 6.07) is 3.19. The number of rotatable bonds is 4. The van der Waals surface area contributed by atoms with Crippen LogP contribution in [0.5, 0.6) is 0 Å². The lowest BCUT2D eigenvalue weighted by Crippen LogP contribution is -2.33. The third-order valence-electron chi connectivity index (χ3n) is 4.30. The molecule has 1 aliphatic carbocycles. The van der Waals surface area contributed by atoms with Gasteiger partial charge >= 0.3 is 0 Å². The fourth-order valence-corrected chi connectivity index (χ4v) is 2.89. The van der Waals surface area contributed by atoms with Crippen molar-refractivity contribution in [2.75, 3.05) is 0 Å². The Balaban J connectivity index is 1.60. The molecule has 23 heavy (non-hydrogen) atoms. The minimum absolute atomic E-state index is 0.0225. The third kappa shape index (κ3) is 3.52. The fourth-order valence-electron chi connectivity index (χ4n) is 2.89. The van der Waals surface area contributed by atoms with Crippen molar-refractivity contribution in [3.63, 3.8) is 0 Å². The van der Waals surface area contributed by atoms with Crippen LogP contribution in [0.1, 0.15) is 49.0 Å². The first kappa shape index (κ1) is 15.5. The number of aryl methyl sites for hydroxylation is 1. The molecule has 0 saturated heterocycles. The van der Waals surface area contributed by atoms with Gasteiger partial charge in [-0.05, 0) is 18.4 Å². The molecule has 1 amide bonds. The summed E-state index contributed by atoms with van der Waals surface area (Å²) >= 11 is 0. The van der Waals surface area contributed by atoms with Gasteiger partial charge in [-0.15, -0.1) is 0 Å². The number of carbonyl (C=O) groups excluding carboxylic acids is 1. The highest BCUT2D eigenvalue weighted by Gasteiger charge is 2.27. The molecule has 2 heterocycles. The van der Waals surface area contributed by atoms with Gasteiger partial charge in [0.05, 0.1) is 5.69 Å². The van der Waals surface area contributed by atoms with Gasteiger partial charge < -0.3 is 15.3 Å². The largest absolute Gasteiger partial charge is 0.352 e. The van der Waals surface area contributed by atoms with Gasteiger partial charge in [-0.25, -0.2) is 4.98 Å². The van der Waals surface area contributed by atoms with E-state index in [0.717, 1.165) is 35.6 Å². The smallest absolute Gasteiger partial charge is 0.247 e. The highest BCUT2D eigenvalue weighted by atomic mass is 16.2. The van der Waals surface area contributed by atoms with Crippen LogP contribution in [-0.2, 0) is 24.2 Å². The second-order valence-electron chi connectivity index (χ2n) is 6.42. The Morgan fingerprint density at radius 3 is 2.96 bits per heavy atom. The predicted octanol–water partition coefficient (Wildman–Crippen LogP) is 1.64. The van der Waals surface area contributed by atoms with Crippen molar-refractivity contribution in [2.45, 2.75) is 45.6 Å². The first-order valence-electron chi connectivity index (χ1n) is 8.06. The van der Waals surface area contributed by atoms with E-state index in [-0.39, 0.29) is 17.4 Å². The van der Waals surface area contributed by atoms with E-state index in [1.165, 1.54) is 6.07 Å². The number of amides is 1. The summed E-state index contributed by atoms with van der Waals surface area (Å²) in [6.45, 7) is 4.65. The third-order valence-corrected chi connectivity index (χ3v) is 4.30. The van der Waals surface area contributed by atoms with Crippen LogP contribution in [0, 0.1) is 5.92 Å². The molecule has 0 aliphatic heterocycles. The maximum Gasteiger partial charge on any atom is 0.247 e. The molecule has 1 aliphatic rings. The summed E-state index contributed by atoms with van der Waals surface area (Å²) in [4.78, 5) is 34.0. The van der Waals surface area contributed by atoms with Crippen molar-refractivity contribution in [3.05, 3.63) is 51.5 Å². The first-order chi connectivity index (χ1) is 11.0. The Morgan fingerprint density at radius 1 is 1.43 bits per heavy atom. The number of imidazole rings is 1. The summed E-state index contributed by atoms with van der Waals surface area (Å²) in [7, 11) is 0. The van der Waals surface area contributed by atoms with Crippen molar-refractivity contribution in [2.24, 2.45) is 5.92 Å². The molecule has 6 nitrogen and oxygen atoms in total. The van der Waals surface area contributed by atoms with Gasteiger partial charge in [0.15, 0.2) is 0 Å². The Bertz CT molecular complexity index is 740. The van der Waals surface area contributed by atoms with Gasteiger partial charge in [0.1, 0.15) is 5.82 Å². The van der Waals surface area contributed by atoms with Crippen molar-refractivity contribution >= 4 is 5.91 Å². The van der Waals surface area contributed by atoms with Crippen LogP contribution in [0.25, 0.3) is 0 Å². The molecule has 0 fully saturated rings. The SMILES string of the molecule is CC(C)c1nc2c([nH]1)C[C@@H](C(=O)NCc1ccc(=O)[nH]c1)CC2. The van der Waals surface area contributed by atoms with Crippen molar-refractivity contribution in [3.8, 4) is 0 Å². The molecule has 3 N–H and O–H groups in total. The summed E-state index contributed by atoms with van der Waals surface area (Å²) in [5, 5.41) is 2.95. The number of H-pyrrole nitrogens is 2. The lowest BCUT2D eigenvalue weighted by atomic mass is 9.89. The van der Waals surface area contributed by atoms with E-state index in [9.17, 15) is 9.59 Å². The number of nitrogens with one attached hydrogen (secondary N) is 3. The molecule has 2 aromatic heterocycles. The monoisotopic (exact) mass is 314 g/mol. The number of pyridine rings is 1. The molecule has 6 heteroatoms. The first-order valence-corrected chi connectivity index (χ1v) is 8.06. The highest BCUT2D eigenvalue weighted by Crippen LogP contribution is 2.26. The van der Waals surface area contributed by atoms with Crippen LogP contribution >= 0.6 is 0 Å². The Kier molecular flexibility index (Phi) is 4.32. The van der Waals surface area contributed by atoms with Gasteiger partial charge in [-0.2, -0.15) is 0 Å². The molecule has 0 radical (unpaired) electrons. The van der Waals surface area contributed by atoms with Gasteiger partial charge in [0.25, 0.3) is 0 Å². The molecular weight excluding hydrogens is 292 g/mol. The molecule has 1 atom stereocenters. The molecule has 0 bridgehead atoms. The maximum absolute atomic E-state index is 12.4. The van der Waals surface area contributed by atoms with Gasteiger partial charge in [0, 0.05) is 42.8 Å². The zero-order chi connectivity index (χ0) is 16.4. The molecule has 3 rings (SSSR count). The molecule has 0 aromatic carbocycles. The average Bonchev–Trinajstić information content (AvgIpc) is 2.97. The second kappa shape index (κ2) is 6.40. The van der Waals surface area contributed by atoms with Crippen molar-refractivity contribution in [1.29, 1.82) is 0 Å². The number of aromatic nitrogens is 3. The van der Waals surface area contributed by atoms with E-state index in [4.69, 9.17) is 0 Å². The molecule has 0 saturated carbocycles. The van der Waals surface area contributed by atoms with Crippen LogP contribution in [0.2, 0.25) is 0 Å². The predicted molar refractivity (Wildman–Crippen MR) is 87.1 cm³/mol. The average molecular weight is 314 g/mol. The molecule has 2 aromatic rings. The molecular formula is C17H22N4O2. The van der Waals surface area contributed by atoms with Crippen molar-refractivity contribution < 1.29 is 4.79 Å². The quantitative estimate of drug-likeness (QED) is 0.801. The normalized spacial score (nSPS) is 17.1. The van der Waals surface area contributed by atoms with E-state index in [0.29, 0.717) is 18.9 Å². The number of hydrogen-bond donors (Lipinski definition) is 3.